The fourth-order valence-electron chi connectivity index (χ4n) is 6.49. The molecule has 4 atom stereocenters. The van der Waals surface area contributed by atoms with E-state index in [4.69, 9.17) is 28.5 Å². The number of hydrogen-bond acceptors (Lipinski definition) is 9. The number of ether oxygens (including phenoxy) is 4. The molecule has 0 aliphatic carbocycles. The lowest BCUT2D eigenvalue weighted by Crippen LogP contribution is -2.38. The Labute approximate surface area is 291 Å². The minimum Gasteiger partial charge on any atom is -0.497 e. The molecule has 0 saturated carbocycles. The smallest absolute Gasteiger partial charge is 0.497 e. The molecule has 0 spiro atoms. The van der Waals surface area contributed by atoms with Crippen molar-refractivity contribution in [2.24, 2.45) is 5.92 Å². The molecule has 0 radical (unpaired) electrons. The maximum Gasteiger partial charge on any atom is 0.695 e. The van der Waals surface area contributed by atoms with Crippen LogP contribution in [0.2, 0.25) is 0 Å². The van der Waals surface area contributed by atoms with Gasteiger partial charge in [0.1, 0.15) is 35.5 Å². The highest BCUT2D eigenvalue weighted by Crippen LogP contribution is 2.44. The first-order chi connectivity index (χ1) is 24.1. The van der Waals surface area contributed by atoms with E-state index < -0.39 is 32.3 Å². The third-order valence-corrected chi connectivity index (χ3v) is 9.36. The molecule has 13 heteroatoms. The summed E-state index contributed by atoms with van der Waals surface area (Å²) >= 11 is 0. The number of aryl methyl sites for hydroxylation is 1. The molecule has 12 nitrogen and oxygen atoms in total. The second-order valence-corrected chi connectivity index (χ2v) is 13.3. The summed E-state index contributed by atoms with van der Waals surface area (Å²) in [6.07, 6.45) is -2.04. The molecule has 3 aromatic carbocycles. The van der Waals surface area contributed by atoms with Crippen LogP contribution in [0.3, 0.4) is 0 Å². The first kappa shape index (κ1) is 35.3. The van der Waals surface area contributed by atoms with Gasteiger partial charge in [0.15, 0.2) is 5.65 Å². The molecule has 1 aliphatic heterocycles. The molecule has 6 rings (SSSR count). The van der Waals surface area contributed by atoms with Crippen molar-refractivity contribution in [1.82, 2.24) is 14.5 Å². The first-order valence-corrected chi connectivity index (χ1v) is 17.6. The van der Waals surface area contributed by atoms with Gasteiger partial charge in [0.2, 0.25) is 5.95 Å². The molecule has 0 bridgehead atoms. The van der Waals surface area contributed by atoms with E-state index in [1.54, 1.807) is 20.3 Å². The zero-order chi connectivity index (χ0) is 35.4. The number of rotatable bonds is 14. The topological polar surface area (TPSA) is 146 Å². The quantitative estimate of drug-likeness (QED) is 0.0873. The number of aromatic amines is 1. The monoisotopic (exact) mass is 701 g/mol. The Hall–Kier alpha value is -4.58. The summed E-state index contributed by atoms with van der Waals surface area (Å²) in [5.41, 5.74) is 2.26. The van der Waals surface area contributed by atoms with Crippen LogP contribution in [0.1, 0.15) is 48.9 Å². The molecule has 2 aromatic heterocycles. The van der Waals surface area contributed by atoms with Gasteiger partial charge in [0.25, 0.3) is 5.56 Å². The molecule has 3 N–H and O–H groups in total. The number of H-pyrrole nitrogens is 1. The third kappa shape index (κ3) is 7.17. The molecule has 0 amide bonds. The van der Waals surface area contributed by atoms with Crippen LogP contribution in [0.25, 0.3) is 11.0 Å². The summed E-state index contributed by atoms with van der Waals surface area (Å²) in [4.78, 5) is 30.5. The van der Waals surface area contributed by atoms with Gasteiger partial charge in [-0.15, -0.1) is 9.42 Å². The Morgan fingerprint density at radius 2 is 1.60 bits per heavy atom. The number of nitrogens with zero attached hydrogens (tertiary/aromatic N) is 2. The molecule has 3 heterocycles. The second-order valence-electron chi connectivity index (χ2n) is 12.6. The second kappa shape index (κ2) is 15.1. The lowest BCUT2D eigenvalue weighted by Gasteiger charge is -2.37. The fourth-order valence-corrected chi connectivity index (χ4v) is 6.95. The molecule has 50 heavy (non-hydrogen) atoms. The number of benzene rings is 3. The summed E-state index contributed by atoms with van der Waals surface area (Å²) in [5, 5.41) is 3.60. The highest BCUT2D eigenvalue weighted by atomic mass is 31.1. The van der Waals surface area contributed by atoms with Gasteiger partial charge in [-0.25, -0.2) is 0 Å². The van der Waals surface area contributed by atoms with E-state index in [2.05, 4.69) is 24.1 Å². The van der Waals surface area contributed by atoms with Crippen molar-refractivity contribution in [3.8, 4) is 11.5 Å². The molecule has 1 unspecified atom stereocenters. The van der Waals surface area contributed by atoms with Crippen molar-refractivity contribution >= 4 is 25.2 Å². The van der Waals surface area contributed by atoms with Crippen LogP contribution in [-0.4, -0.2) is 59.0 Å². The van der Waals surface area contributed by atoms with Gasteiger partial charge >= 0.3 is 8.25 Å². The third-order valence-electron chi connectivity index (χ3n) is 8.91. The van der Waals surface area contributed by atoms with Crippen LogP contribution >= 0.6 is 8.25 Å². The van der Waals surface area contributed by atoms with Gasteiger partial charge in [-0.2, -0.15) is 4.98 Å². The van der Waals surface area contributed by atoms with E-state index in [0.717, 1.165) is 22.4 Å². The van der Waals surface area contributed by atoms with Crippen LogP contribution in [0, 0.1) is 12.8 Å². The van der Waals surface area contributed by atoms with Crippen molar-refractivity contribution in [3.63, 3.8) is 0 Å². The largest absolute Gasteiger partial charge is 0.695 e. The number of aromatic nitrogens is 3. The van der Waals surface area contributed by atoms with Crippen molar-refractivity contribution in [2.75, 3.05) is 32.7 Å². The van der Waals surface area contributed by atoms with Crippen molar-refractivity contribution in [2.45, 2.75) is 51.2 Å². The molecule has 1 fully saturated rings. The van der Waals surface area contributed by atoms with E-state index in [1.165, 1.54) is 0 Å². The Balaban J connectivity index is 1.40. The summed E-state index contributed by atoms with van der Waals surface area (Å²) in [6, 6.07) is 26.9. The maximum absolute atomic E-state index is 13.1. The predicted octanol–water partition coefficient (Wildman–Crippen LogP) is 6.45. The van der Waals surface area contributed by atoms with Gasteiger partial charge < -0.3 is 28.8 Å². The molecule has 1 aliphatic rings. The van der Waals surface area contributed by atoms with Crippen molar-refractivity contribution in [1.29, 1.82) is 0 Å². The van der Waals surface area contributed by atoms with Crippen LogP contribution in [-0.2, 0) is 24.2 Å². The average Bonchev–Trinajstić information content (AvgIpc) is 3.67. The minimum absolute atomic E-state index is 0.0231. The van der Waals surface area contributed by atoms with Gasteiger partial charge in [-0.05, 0) is 59.9 Å². The molecule has 262 valence electrons. The zero-order valence-electron chi connectivity index (χ0n) is 28.7. The summed E-state index contributed by atoms with van der Waals surface area (Å²) < 4.78 is 44.1. The number of fused-ring (bicyclic) bond motifs is 1. The van der Waals surface area contributed by atoms with Crippen LogP contribution in [0.4, 0.5) is 5.95 Å². The SMILES string of the molecule is COc1ccc(C(OC[C@H]2O[C@@H](n3c(C)cc4c(=O)[nH]c(NCC(C)C)nc43)C[C@@H]2O[P+](=O)O)(c2ccccc2)c2ccc(OC)cc2)cc1. The van der Waals surface area contributed by atoms with Crippen molar-refractivity contribution < 1.29 is 32.9 Å². The van der Waals surface area contributed by atoms with E-state index >= 15 is 0 Å². The van der Waals surface area contributed by atoms with Gasteiger partial charge in [0.05, 0.1) is 26.2 Å². The van der Waals surface area contributed by atoms with E-state index in [-0.39, 0.29) is 18.6 Å². The Morgan fingerprint density at radius 1 is 1.00 bits per heavy atom. The lowest BCUT2D eigenvalue weighted by atomic mass is 9.80. The number of methoxy groups -OCH3 is 2. The Kier molecular flexibility index (Phi) is 10.7. The van der Waals surface area contributed by atoms with Crippen LogP contribution in [0.5, 0.6) is 11.5 Å². The molecular formula is C37H42N4O8P+. The normalized spacial score (nSPS) is 18.1. The van der Waals surface area contributed by atoms with E-state index in [0.29, 0.717) is 40.9 Å². The number of hydrogen-bond donors (Lipinski definition) is 3. The molecular weight excluding hydrogens is 659 g/mol. The zero-order valence-corrected chi connectivity index (χ0v) is 29.6. The number of anilines is 1. The Morgan fingerprint density at radius 3 is 2.16 bits per heavy atom. The maximum atomic E-state index is 13.1. The predicted molar refractivity (Wildman–Crippen MR) is 190 cm³/mol. The van der Waals surface area contributed by atoms with E-state index in [1.807, 2.05) is 90.4 Å². The standard InChI is InChI=1S/C37H41N4O8P/c1-23(2)21-38-36-39-34-30(35(42)40-36)19-24(3)41(34)33-20-31(49-50(43)44)32(48-33)22-47-37(25-9-7-6-8-10-25,26-11-15-28(45-4)16-12-26)27-13-17-29(46-5)18-14-27/h6-19,23,31-33H,20-22H2,1-5H3,(H2-,38,39,40,42,43,44)/p+1/t31-,32+,33+/m0/s1. The van der Waals surface area contributed by atoms with Gasteiger partial charge in [0, 0.05) is 23.2 Å². The summed E-state index contributed by atoms with van der Waals surface area (Å²) in [5.74, 6) is 2.07. The summed E-state index contributed by atoms with van der Waals surface area (Å²) in [6.45, 7) is 6.59. The first-order valence-electron chi connectivity index (χ1n) is 16.5. The average molecular weight is 702 g/mol. The van der Waals surface area contributed by atoms with Gasteiger partial charge in [-0.1, -0.05) is 68.4 Å². The lowest BCUT2D eigenvalue weighted by molar-refractivity contribution is -0.0905. The van der Waals surface area contributed by atoms with Gasteiger partial charge in [-0.3, -0.25) is 9.78 Å². The molecule has 1 saturated heterocycles. The van der Waals surface area contributed by atoms with Crippen molar-refractivity contribution in [3.05, 3.63) is 118 Å². The highest BCUT2D eigenvalue weighted by Gasteiger charge is 2.46. The summed E-state index contributed by atoms with van der Waals surface area (Å²) in [7, 11) is 0.266. The fraction of sp³-hybridized carbons (Fsp3) is 0.351. The molecule has 5 aromatic rings. The minimum atomic E-state index is -2.96. The van der Waals surface area contributed by atoms with Crippen LogP contribution < -0.4 is 20.3 Å². The van der Waals surface area contributed by atoms with Crippen LogP contribution in [0.15, 0.2) is 89.7 Å². The Bertz CT molecular complexity index is 1930. The number of nitrogens with one attached hydrogen (secondary N) is 2. The van der Waals surface area contributed by atoms with E-state index in [9.17, 15) is 14.3 Å². The highest BCUT2D eigenvalue weighted by molar-refractivity contribution is 7.32.